The first-order valence-corrected chi connectivity index (χ1v) is 4.48. The fraction of sp³-hybridized carbons (Fsp3) is 0.200. The van der Waals surface area contributed by atoms with E-state index in [0.29, 0.717) is 12.1 Å². The zero-order chi connectivity index (χ0) is 10.7. The van der Waals surface area contributed by atoms with Crippen molar-refractivity contribution in [2.75, 3.05) is 0 Å². The summed E-state index contributed by atoms with van der Waals surface area (Å²) in [5, 5.41) is 11.2. The lowest BCUT2D eigenvalue weighted by Gasteiger charge is -2.01. The van der Waals surface area contributed by atoms with Gasteiger partial charge in [0.1, 0.15) is 0 Å². The quantitative estimate of drug-likeness (QED) is 0.686. The average Bonchev–Trinajstić information content (AvgIpc) is 2.65. The molecule has 1 aromatic carbocycles. The lowest BCUT2D eigenvalue weighted by Crippen LogP contribution is -2.00. The molecule has 1 heterocycles. The second kappa shape index (κ2) is 3.88. The van der Waals surface area contributed by atoms with Gasteiger partial charge in [-0.2, -0.15) is 0 Å². The van der Waals surface area contributed by atoms with Crippen LogP contribution in [-0.2, 0) is 13.5 Å². The van der Waals surface area contributed by atoms with Crippen molar-refractivity contribution in [1.82, 2.24) is 20.2 Å². The number of benzene rings is 1. The molecule has 0 amide bonds. The van der Waals surface area contributed by atoms with Gasteiger partial charge in [0.2, 0.25) is 0 Å². The molecule has 0 saturated carbocycles. The van der Waals surface area contributed by atoms with Crippen LogP contribution in [0, 0.1) is 6.57 Å². The van der Waals surface area contributed by atoms with E-state index in [1.807, 2.05) is 18.2 Å². The highest BCUT2D eigenvalue weighted by atomic mass is 15.5. The number of para-hydroxylation sites is 1. The predicted octanol–water partition coefficient (Wildman–Crippen LogP) is 1.35. The molecule has 0 atom stereocenters. The highest BCUT2D eigenvalue weighted by molar-refractivity contribution is 5.52. The van der Waals surface area contributed by atoms with E-state index in [1.165, 1.54) is 0 Å². The molecule has 1 aromatic heterocycles. The van der Waals surface area contributed by atoms with Crippen LogP contribution in [0.15, 0.2) is 24.3 Å². The average molecular weight is 199 g/mol. The van der Waals surface area contributed by atoms with E-state index in [0.717, 1.165) is 11.4 Å². The van der Waals surface area contributed by atoms with Crippen LogP contribution in [0.25, 0.3) is 4.85 Å². The summed E-state index contributed by atoms with van der Waals surface area (Å²) in [6.45, 7) is 7.03. The topological polar surface area (TPSA) is 48.0 Å². The summed E-state index contributed by atoms with van der Waals surface area (Å²) >= 11 is 0. The summed E-state index contributed by atoms with van der Waals surface area (Å²) in [5.74, 6) is 0.756. The number of hydrogen-bond acceptors (Lipinski definition) is 3. The minimum absolute atomic E-state index is 0.585. The molecule has 0 radical (unpaired) electrons. The van der Waals surface area contributed by atoms with E-state index in [4.69, 9.17) is 6.57 Å². The molecule has 2 rings (SSSR count). The van der Waals surface area contributed by atoms with E-state index in [9.17, 15) is 0 Å². The van der Waals surface area contributed by atoms with Gasteiger partial charge in [0.25, 0.3) is 0 Å². The Morgan fingerprint density at radius 3 is 2.87 bits per heavy atom. The van der Waals surface area contributed by atoms with Crippen molar-refractivity contribution in [3.63, 3.8) is 0 Å². The van der Waals surface area contributed by atoms with Crippen LogP contribution in [0.5, 0.6) is 0 Å². The van der Waals surface area contributed by atoms with Crippen LogP contribution >= 0.6 is 0 Å². The molecule has 0 aliphatic heterocycles. The van der Waals surface area contributed by atoms with Gasteiger partial charge in [0.05, 0.1) is 6.57 Å². The molecule has 0 bridgehead atoms. The molecule has 0 spiro atoms. The van der Waals surface area contributed by atoms with Crippen molar-refractivity contribution < 1.29 is 0 Å². The van der Waals surface area contributed by atoms with E-state index >= 15 is 0 Å². The van der Waals surface area contributed by atoms with Crippen LogP contribution in [0.3, 0.4) is 0 Å². The van der Waals surface area contributed by atoms with Crippen LogP contribution in [0.2, 0.25) is 0 Å². The zero-order valence-electron chi connectivity index (χ0n) is 8.25. The molecule has 0 aliphatic carbocycles. The smallest absolute Gasteiger partial charge is 0.190 e. The first kappa shape index (κ1) is 9.34. The first-order chi connectivity index (χ1) is 7.31. The highest BCUT2D eigenvalue weighted by Gasteiger charge is 2.06. The zero-order valence-corrected chi connectivity index (χ0v) is 8.25. The third-order valence-corrected chi connectivity index (χ3v) is 2.17. The predicted molar refractivity (Wildman–Crippen MR) is 54.3 cm³/mol. The first-order valence-electron chi connectivity index (χ1n) is 4.48. The van der Waals surface area contributed by atoms with Crippen LogP contribution in [0.1, 0.15) is 11.4 Å². The summed E-state index contributed by atoms with van der Waals surface area (Å²) in [5.41, 5.74) is 1.60. The van der Waals surface area contributed by atoms with Gasteiger partial charge in [-0.15, -0.1) is 5.10 Å². The Morgan fingerprint density at radius 1 is 1.40 bits per heavy atom. The Hall–Kier alpha value is -2.22. The lowest BCUT2D eigenvalue weighted by atomic mass is 10.1. The molecule has 0 saturated heterocycles. The Bertz CT molecular complexity index is 509. The molecule has 0 unspecified atom stereocenters. The SMILES string of the molecule is [C-]#[N+]c1ccccc1Cc1nnnn1C. The van der Waals surface area contributed by atoms with E-state index in [1.54, 1.807) is 17.8 Å². The molecule has 5 nitrogen and oxygen atoms in total. The standard InChI is InChI=1S/C10H9N5/c1-11-9-6-4-3-5-8(9)7-10-12-13-14-15(10)2/h3-6H,7H2,2H3. The maximum absolute atomic E-state index is 7.03. The monoisotopic (exact) mass is 199 g/mol. The second-order valence-corrected chi connectivity index (χ2v) is 3.14. The molecule has 0 fully saturated rings. The van der Waals surface area contributed by atoms with Crippen molar-refractivity contribution in [3.8, 4) is 0 Å². The Labute approximate surface area is 87.2 Å². The van der Waals surface area contributed by atoms with E-state index in [-0.39, 0.29) is 0 Å². The van der Waals surface area contributed by atoms with Crippen molar-refractivity contribution in [1.29, 1.82) is 0 Å². The number of aryl methyl sites for hydroxylation is 1. The van der Waals surface area contributed by atoms with Gasteiger partial charge < -0.3 is 0 Å². The van der Waals surface area contributed by atoms with Gasteiger partial charge in [-0.3, -0.25) is 0 Å². The fourth-order valence-electron chi connectivity index (χ4n) is 1.34. The summed E-state index contributed by atoms with van der Waals surface area (Å²) < 4.78 is 1.61. The van der Waals surface area contributed by atoms with Crippen molar-refractivity contribution in [2.45, 2.75) is 6.42 Å². The summed E-state index contributed by atoms with van der Waals surface area (Å²) in [6, 6.07) is 7.48. The minimum atomic E-state index is 0.585. The molecule has 0 aliphatic rings. The van der Waals surface area contributed by atoms with Gasteiger partial charge in [-0.05, 0) is 16.0 Å². The maximum Gasteiger partial charge on any atom is 0.190 e. The Balaban J connectivity index is 2.33. The van der Waals surface area contributed by atoms with Gasteiger partial charge in [-0.1, -0.05) is 24.3 Å². The largest absolute Gasteiger partial charge is 0.238 e. The normalized spacial score (nSPS) is 9.87. The van der Waals surface area contributed by atoms with Gasteiger partial charge in [0, 0.05) is 13.5 Å². The van der Waals surface area contributed by atoms with Crippen LogP contribution < -0.4 is 0 Å². The number of hydrogen-bond donors (Lipinski definition) is 0. The van der Waals surface area contributed by atoms with Crippen LogP contribution in [-0.4, -0.2) is 20.2 Å². The molecule has 74 valence electrons. The Kier molecular flexibility index (Phi) is 2.42. The van der Waals surface area contributed by atoms with Gasteiger partial charge in [-0.25, -0.2) is 9.53 Å². The maximum atomic E-state index is 7.03. The molecular formula is C10H9N5. The van der Waals surface area contributed by atoms with Gasteiger partial charge >= 0.3 is 0 Å². The number of tetrazole rings is 1. The third kappa shape index (κ3) is 1.83. The highest BCUT2D eigenvalue weighted by Crippen LogP contribution is 2.20. The third-order valence-electron chi connectivity index (χ3n) is 2.17. The molecule has 15 heavy (non-hydrogen) atoms. The fourth-order valence-corrected chi connectivity index (χ4v) is 1.34. The summed E-state index contributed by atoms with van der Waals surface area (Å²) in [7, 11) is 1.79. The Morgan fingerprint density at radius 2 is 2.20 bits per heavy atom. The number of nitrogens with zero attached hydrogens (tertiary/aromatic N) is 5. The second-order valence-electron chi connectivity index (χ2n) is 3.14. The molecule has 5 heteroatoms. The molecule has 0 N–H and O–H groups in total. The number of rotatable bonds is 2. The van der Waals surface area contributed by atoms with E-state index in [2.05, 4.69) is 20.4 Å². The summed E-state index contributed by atoms with van der Waals surface area (Å²) in [4.78, 5) is 3.45. The van der Waals surface area contributed by atoms with Crippen molar-refractivity contribution >= 4 is 5.69 Å². The van der Waals surface area contributed by atoms with E-state index < -0.39 is 0 Å². The summed E-state index contributed by atoms with van der Waals surface area (Å²) in [6.07, 6.45) is 0.585. The van der Waals surface area contributed by atoms with Gasteiger partial charge in [0.15, 0.2) is 11.5 Å². The lowest BCUT2D eigenvalue weighted by molar-refractivity contribution is 0.686. The molecule has 2 aromatic rings. The van der Waals surface area contributed by atoms with Crippen molar-refractivity contribution in [2.24, 2.45) is 7.05 Å². The van der Waals surface area contributed by atoms with Crippen molar-refractivity contribution in [3.05, 3.63) is 47.1 Å². The minimum Gasteiger partial charge on any atom is -0.238 e. The molecular weight excluding hydrogens is 190 g/mol. The van der Waals surface area contributed by atoms with Crippen LogP contribution in [0.4, 0.5) is 5.69 Å². The number of aromatic nitrogens is 4.